The van der Waals surface area contributed by atoms with Gasteiger partial charge in [-0.2, -0.15) is 18.3 Å². The molecular weight excluding hydrogens is 264 g/mol. The summed E-state index contributed by atoms with van der Waals surface area (Å²) in [6.07, 6.45) is -4.39. The third kappa shape index (κ3) is 2.76. The number of nitrogens with zero attached hydrogens (tertiary/aromatic N) is 2. The first-order valence-electron chi connectivity index (χ1n) is 5.40. The Hall–Kier alpha value is -1.89. The molecule has 0 aliphatic rings. The largest absolute Gasteiger partial charge is 0.435 e. The second kappa shape index (κ2) is 4.65. The van der Waals surface area contributed by atoms with Crippen molar-refractivity contribution < 1.29 is 22.7 Å². The van der Waals surface area contributed by atoms with Crippen LogP contribution in [0, 0.1) is 5.82 Å². The molecule has 102 valence electrons. The molecule has 0 saturated heterocycles. The molecule has 0 aliphatic carbocycles. The molecule has 1 aromatic heterocycles. The molecule has 0 spiro atoms. The Bertz CT molecular complexity index is 590. The maximum Gasteiger partial charge on any atom is 0.435 e. The molecule has 1 atom stereocenters. The lowest BCUT2D eigenvalue weighted by Gasteiger charge is -2.08. The fourth-order valence-corrected chi connectivity index (χ4v) is 1.58. The third-order valence-electron chi connectivity index (χ3n) is 2.58. The highest BCUT2D eigenvalue weighted by atomic mass is 19.4. The number of aliphatic hydroxyl groups is 1. The summed E-state index contributed by atoms with van der Waals surface area (Å²) in [5.74, 6) is -0.754. The number of hydrogen-bond acceptors (Lipinski definition) is 2. The van der Waals surface area contributed by atoms with E-state index in [0.717, 1.165) is 23.0 Å². The average molecular weight is 274 g/mol. The van der Waals surface area contributed by atoms with E-state index in [-0.39, 0.29) is 5.69 Å². The number of halogens is 4. The van der Waals surface area contributed by atoms with Crippen molar-refractivity contribution in [1.29, 1.82) is 0 Å². The summed E-state index contributed by atoms with van der Waals surface area (Å²) in [5.41, 5.74) is -0.865. The van der Waals surface area contributed by atoms with Gasteiger partial charge in [0.05, 0.1) is 6.10 Å². The molecule has 0 amide bonds. The highest BCUT2D eigenvalue weighted by Gasteiger charge is 2.33. The van der Waals surface area contributed by atoms with Gasteiger partial charge in [-0.3, -0.25) is 0 Å². The van der Waals surface area contributed by atoms with Gasteiger partial charge in [-0.05, 0) is 30.7 Å². The van der Waals surface area contributed by atoms with Crippen molar-refractivity contribution >= 4 is 0 Å². The van der Waals surface area contributed by atoms with Crippen molar-refractivity contribution in [1.82, 2.24) is 9.78 Å². The van der Waals surface area contributed by atoms with Crippen molar-refractivity contribution in [2.24, 2.45) is 0 Å². The van der Waals surface area contributed by atoms with Crippen LogP contribution >= 0.6 is 0 Å². The first-order chi connectivity index (χ1) is 8.79. The molecule has 0 fully saturated rings. The van der Waals surface area contributed by atoms with Crippen LogP contribution in [0.1, 0.15) is 24.3 Å². The van der Waals surface area contributed by atoms with Crippen LogP contribution in [0.5, 0.6) is 0 Å². The van der Waals surface area contributed by atoms with Crippen LogP contribution in [0.2, 0.25) is 0 Å². The lowest BCUT2D eigenvalue weighted by Crippen LogP contribution is -2.08. The minimum absolute atomic E-state index is 0.111. The third-order valence-corrected chi connectivity index (χ3v) is 2.58. The summed E-state index contributed by atoms with van der Waals surface area (Å²) >= 11 is 0. The van der Waals surface area contributed by atoms with E-state index in [1.54, 1.807) is 0 Å². The van der Waals surface area contributed by atoms with Crippen LogP contribution in [0.25, 0.3) is 5.69 Å². The smallest absolute Gasteiger partial charge is 0.389 e. The molecule has 19 heavy (non-hydrogen) atoms. The minimum atomic E-state index is -4.57. The Balaban J connectivity index is 2.40. The number of hydrogen-bond donors (Lipinski definition) is 1. The molecule has 0 unspecified atom stereocenters. The van der Waals surface area contributed by atoms with E-state index in [0.29, 0.717) is 5.56 Å². The van der Waals surface area contributed by atoms with Gasteiger partial charge in [0.2, 0.25) is 0 Å². The van der Waals surface area contributed by atoms with Crippen LogP contribution in [0.15, 0.2) is 30.5 Å². The van der Waals surface area contributed by atoms with Gasteiger partial charge in [0, 0.05) is 6.20 Å². The standard InChI is InChI=1S/C12H10F4N2O/c1-7(19)8-2-3-10(9(13)6-8)18-5-4-11(17-18)12(14,15)16/h2-7,19H,1H3/t7-/m0/s1. The maximum absolute atomic E-state index is 13.7. The molecule has 0 saturated carbocycles. The van der Waals surface area contributed by atoms with E-state index in [1.807, 2.05) is 0 Å². The Morgan fingerprint density at radius 3 is 2.42 bits per heavy atom. The van der Waals surface area contributed by atoms with Gasteiger partial charge in [-0.25, -0.2) is 9.07 Å². The van der Waals surface area contributed by atoms with Gasteiger partial charge in [0.25, 0.3) is 0 Å². The Labute approximate surface area is 106 Å². The van der Waals surface area contributed by atoms with Crippen molar-refractivity contribution in [3.63, 3.8) is 0 Å². The highest BCUT2D eigenvalue weighted by molar-refractivity contribution is 5.36. The molecule has 0 aliphatic heterocycles. The summed E-state index contributed by atoms with van der Waals surface area (Å²) in [6, 6.07) is 4.53. The van der Waals surface area contributed by atoms with E-state index in [4.69, 9.17) is 0 Å². The van der Waals surface area contributed by atoms with Gasteiger partial charge in [-0.15, -0.1) is 0 Å². The number of benzene rings is 1. The maximum atomic E-state index is 13.7. The highest BCUT2D eigenvalue weighted by Crippen LogP contribution is 2.28. The second-order valence-electron chi connectivity index (χ2n) is 4.03. The molecule has 1 aromatic carbocycles. The second-order valence-corrected chi connectivity index (χ2v) is 4.03. The van der Waals surface area contributed by atoms with Crippen LogP contribution in [-0.4, -0.2) is 14.9 Å². The molecule has 0 radical (unpaired) electrons. The predicted octanol–water partition coefficient (Wildman–Crippen LogP) is 3.08. The molecular formula is C12H10F4N2O. The van der Waals surface area contributed by atoms with Crippen LogP contribution < -0.4 is 0 Å². The summed E-state index contributed by atoms with van der Waals surface area (Å²) in [7, 11) is 0. The van der Waals surface area contributed by atoms with E-state index in [9.17, 15) is 22.7 Å². The average Bonchev–Trinajstić information content (AvgIpc) is 2.77. The zero-order valence-electron chi connectivity index (χ0n) is 9.82. The van der Waals surface area contributed by atoms with E-state index < -0.39 is 23.8 Å². The van der Waals surface area contributed by atoms with E-state index >= 15 is 0 Å². The predicted molar refractivity (Wildman–Crippen MR) is 59.2 cm³/mol. The SMILES string of the molecule is C[C@H](O)c1ccc(-n2ccc(C(F)(F)F)n2)c(F)c1. The fourth-order valence-electron chi connectivity index (χ4n) is 1.58. The number of aromatic nitrogens is 2. The number of alkyl halides is 3. The number of aliphatic hydroxyl groups excluding tert-OH is 1. The van der Waals surface area contributed by atoms with Crippen molar-refractivity contribution in [2.45, 2.75) is 19.2 Å². The quantitative estimate of drug-likeness (QED) is 0.855. The van der Waals surface area contributed by atoms with Crippen molar-refractivity contribution in [3.8, 4) is 5.69 Å². The molecule has 0 bridgehead atoms. The van der Waals surface area contributed by atoms with Crippen LogP contribution in [-0.2, 0) is 6.18 Å². The van der Waals surface area contributed by atoms with Gasteiger partial charge < -0.3 is 5.11 Å². The van der Waals surface area contributed by atoms with Gasteiger partial charge in [0.15, 0.2) is 5.69 Å². The van der Waals surface area contributed by atoms with Crippen LogP contribution in [0.3, 0.4) is 0 Å². The lowest BCUT2D eigenvalue weighted by molar-refractivity contribution is -0.141. The normalized spacial score (nSPS) is 13.6. The molecule has 2 rings (SSSR count). The minimum Gasteiger partial charge on any atom is -0.389 e. The summed E-state index contributed by atoms with van der Waals surface area (Å²) in [4.78, 5) is 0. The molecule has 2 aromatic rings. The van der Waals surface area contributed by atoms with Crippen molar-refractivity contribution in [3.05, 3.63) is 47.5 Å². The molecule has 1 heterocycles. The first-order valence-corrected chi connectivity index (χ1v) is 5.40. The number of rotatable bonds is 2. The first kappa shape index (κ1) is 13.5. The zero-order valence-corrected chi connectivity index (χ0v) is 9.82. The van der Waals surface area contributed by atoms with Gasteiger partial charge in [0.1, 0.15) is 11.5 Å². The molecule has 7 heteroatoms. The lowest BCUT2D eigenvalue weighted by atomic mass is 10.1. The zero-order chi connectivity index (χ0) is 14.2. The fraction of sp³-hybridized carbons (Fsp3) is 0.250. The van der Waals surface area contributed by atoms with Gasteiger partial charge >= 0.3 is 6.18 Å². The van der Waals surface area contributed by atoms with Gasteiger partial charge in [-0.1, -0.05) is 6.07 Å². The van der Waals surface area contributed by atoms with Crippen LogP contribution in [0.4, 0.5) is 17.6 Å². The topological polar surface area (TPSA) is 38.0 Å². The summed E-state index contributed by atoms with van der Waals surface area (Å²) in [5, 5.41) is 12.6. The summed E-state index contributed by atoms with van der Waals surface area (Å²) < 4.78 is 51.7. The van der Waals surface area contributed by atoms with E-state index in [2.05, 4.69) is 5.10 Å². The van der Waals surface area contributed by atoms with E-state index in [1.165, 1.54) is 19.1 Å². The Kier molecular flexibility index (Phi) is 3.32. The van der Waals surface area contributed by atoms with Crippen molar-refractivity contribution in [2.75, 3.05) is 0 Å². The molecule has 1 N–H and O–H groups in total. The summed E-state index contributed by atoms with van der Waals surface area (Å²) in [6.45, 7) is 1.46. The Morgan fingerprint density at radius 2 is 1.95 bits per heavy atom. The Morgan fingerprint density at radius 1 is 1.26 bits per heavy atom. The monoisotopic (exact) mass is 274 g/mol. The molecule has 3 nitrogen and oxygen atoms in total.